The van der Waals surface area contributed by atoms with Crippen molar-refractivity contribution in [2.75, 3.05) is 0 Å². The van der Waals surface area contributed by atoms with Crippen LogP contribution in [0.5, 0.6) is 0 Å². The van der Waals surface area contributed by atoms with Gasteiger partial charge in [0.05, 0.1) is 38.0 Å². The Hall–Kier alpha value is -7.34. The highest BCUT2D eigenvalue weighted by molar-refractivity contribution is 7.22. The molecule has 4 aromatic heterocycles. The molecule has 12 aromatic rings. The van der Waals surface area contributed by atoms with Gasteiger partial charge in [-0.25, -0.2) is 9.97 Å². The fourth-order valence-electron chi connectivity index (χ4n) is 8.66. The molecule has 0 aliphatic rings. The molecule has 0 radical (unpaired) electrons. The number of thiophene rings is 1. The molecular weight excluding hydrogens is 713 g/mol. The fourth-order valence-corrected chi connectivity index (χ4v) is 9.77. The van der Waals surface area contributed by atoms with Crippen LogP contribution < -0.4 is 0 Å². The van der Waals surface area contributed by atoms with Gasteiger partial charge in [-0.1, -0.05) is 140 Å². The molecule has 0 amide bonds. The van der Waals surface area contributed by atoms with Gasteiger partial charge in [0, 0.05) is 37.7 Å². The Morgan fingerprint density at radius 2 is 0.965 bits per heavy atom. The van der Waals surface area contributed by atoms with E-state index < -0.39 is 0 Å². The van der Waals surface area contributed by atoms with Crippen molar-refractivity contribution in [3.05, 3.63) is 194 Å². The van der Waals surface area contributed by atoms with Crippen molar-refractivity contribution >= 4 is 75.9 Å². The minimum atomic E-state index is 0.662. The zero-order valence-corrected chi connectivity index (χ0v) is 31.5. The molecule has 4 nitrogen and oxygen atoms in total. The third-order valence-electron chi connectivity index (χ3n) is 11.3. The lowest BCUT2D eigenvalue weighted by molar-refractivity contribution is 1.02. The molecule has 266 valence electrons. The lowest BCUT2D eigenvalue weighted by atomic mass is 10.0. The molecule has 0 fully saturated rings. The summed E-state index contributed by atoms with van der Waals surface area (Å²) in [6.45, 7) is 0. The van der Waals surface area contributed by atoms with Gasteiger partial charge in [0.2, 0.25) is 5.95 Å². The third kappa shape index (κ3) is 5.06. The quantitative estimate of drug-likeness (QED) is 0.176. The van der Waals surface area contributed by atoms with Gasteiger partial charge in [-0.05, 0) is 82.1 Å². The summed E-state index contributed by atoms with van der Waals surface area (Å²) in [7, 11) is 0. The predicted octanol–water partition coefficient (Wildman–Crippen LogP) is 14.0. The molecule has 5 heteroatoms. The Morgan fingerprint density at radius 1 is 0.368 bits per heavy atom. The number of benzene rings is 8. The van der Waals surface area contributed by atoms with Crippen LogP contribution in [0.2, 0.25) is 0 Å². The van der Waals surface area contributed by atoms with Crippen LogP contribution in [0.3, 0.4) is 0 Å². The van der Waals surface area contributed by atoms with Crippen LogP contribution in [0, 0.1) is 0 Å². The Balaban J connectivity index is 1.09. The molecule has 4 heterocycles. The average Bonchev–Trinajstić information content (AvgIpc) is 3.96. The zero-order chi connectivity index (χ0) is 37.5. The van der Waals surface area contributed by atoms with Crippen molar-refractivity contribution in [2.24, 2.45) is 0 Å². The van der Waals surface area contributed by atoms with E-state index in [1.807, 2.05) is 0 Å². The van der Waals surface area contributed by atoms with E-state index in [0.29, 0.717) is 5.95 Å². The highest BCUT2D eigenvalue weighted by Crippen LogP contribution is 2.41. The van der Waals surface area contributed by atoms with Crippen molar-refractivity contribution < 1.29 is 0 Å². The van der Waals surface area contributed by atoms with Gasteiger partial charge in [-0.3, -0.25) is 4.57 Å². The van der Waals surface area contributed by atoms with Gasteiger partial charge in [0.1, 0.15) is 0 Å². The van der Waals surface area contributed by atoms with E-state index in [2.05, 4.69) is 203 Å². The van der Waals surface area contributed by atoms with Crippen LogP contribution >= 0.6 is 11.3 Å². The SMILES string of the molecule is c1ccc(-c2cc3nc(-n4c5ccccc5c5ccc(-c6ccc7c(c6)c6cc8ccccc8cc6n7-c6ccccc6)cc54)nc(-c4ccccc4)c3s2)cc1. The van der Waals surface area contributed by atoms with Crippen molar-refractivity contribution in [3.8, 4) is 44.5 Å². The second kappa shape index (κ2) is 12.6. The van der Waals surface area contributed by atoms with Gasteiger partial charge in [-0.15, -0.1) is 11.3 Å². The lowest BCUT2D eigenvalue weighted by Gasteiger charge is -2.11. The molecule has 0 bridgehead atoms. The highest BCUT2D eigenvalue weighted by atomic mass is 32.1. The zero-order valence-electron chi connectivity index (χ0n) is 30.7. The Bertz CT molecular complexity index is 3510. The van der Waals surface area contributed by atoms with Crippen LogP contribution in [0.25, 0.3) is 109 Å². The standard InChI is InChI=1S/C52H32N4S/c1-4-14-33(15-5-1)49-32-44-51(57-49)50(34-16-6-2-7-17-34)54-52(53-44)56-45-23-13-12-22-40(45)41-26-24-38(31-47(41)56)37-25-27-46-42(29-37)43-28-35-18-10-11-19-36(35)30-48(43)55(46)39-20-8-3-9-21-39/h1-32H. The second-order valence-corrected chi connectivity index (χ2v) is 15.7. The molecule has 0 saturated heterocycles. The van der Waals surface area contributed by atoms with Crippen LogP contribution in [-0.2, 0) is 0 Å². The fraction of sp³-hybridized carbons (Fsp3) is 0. The minimum Gasteiger partial charge on any atom is -0.309 e. The Kier molecular flexibility index (Phi) is 7.06. The summed E-state index contributed by atoms with van der Waals surface area (Å²) >= 11 is 1.75. The van der Waals surface area contributed by atoms with E-state index in [1.165, 1.54) is 53.8 Å². The van der Waals surface area contributed by atoms with Gasteiger partial charge < -0.3 is 4.57 Å². The van der Waals surface area contributed by atoms with E-state index in [1.54, 1.807) is 11.3 Å². The summed E-state index contributed by atoms with van der Waals surface area (Å²) in [5.41, 5.74) is 12.1. The van der Waals surface area contributed by atoms with Crippen molar-refractivity contribution in [3.63, 3.8) is 0 Å². The summed E-state index contributed by atoms with van der Waals surface area (Å²) in [6, 6.07) is 69.7. The minimum absolute atomic E-state index is 0.662. The van der Waals surface area contributed by atoms with E-state index in [-0.39, 0.29) is 0 Å². The van der Waals surface area contributed by atoms with Gasteiger partial charge in [-0.2, -0.15) is 0 Å². The molecule has 8 aromatic carbocycles. The number of aromatic nitrogens is 4. The van der Waals surface area contributed by atoms with E-state index in [0.717, 1.165) is 49.3 Å². The molecule has 0 aliphatic heterocycles. The van der Waals surface area contributed by atoms with Crippen molar-refractivity contribution in [2.45, 2.75) is 0 Å². The number of rotatable bonds is 5. The first-order valence-electron chi connectivity index (χ1n) is 19.2. The molecule has 0 N–H and O–H groups in total. The largest absolute Gasteiger partial charge is 0.309 e. The molecule has 0 atom stereocenters. The molecule has 0 aliphatic carbocycles. The van der Waals surface area contributed by atoms with Crippen LogP contribution in [0.1, 0.15) is 0 Å². The van der Waals surface area contributed by atoms with E-state index in [9.17, 15) is 0 Å². The van der Waals surface area contributed by atoms with Gasteiger partial charge >= 0.3 is 0 Å². The lowest BCUT2D eigenvalue weighted by Crippen LogP contribution is -2.02. The Morgan fingerprint density at radius 3 is 1.77 bits per heavy atom. The maximum atomic E-state index is 5.41. The summed E-state index contributed by atoms with van der Waals surface area (Å²) in [4.78, 5) is 11.9. The summed E-state index contributed by atoms with van der Waals surface area (Å²) < 4.78 is 5.74. The van der Waals surface area contributed by atoms with Crippen molar-refractivity contribution in [1.82, 2.24) is 19.1 Å². The normalized spacial score (nSPS) is 11.9. The second-order valence-electron chi connectivity index (χ2n) is 14.6. The maximum absolute atomic E-state index is 5.41. The summed E-state index contributed by atoms with van der Waals surface area (Å²) in [6.07, 6.45) is 0. The maximum Gasteiger partial charge on any atom is 0.235 e. The van der Waals surface area contributed by atoms with Gasteiger partial charge in [0.15, 0.2) is 0 Å². The topological polar surface area (TPSA) is 35.6 Å². The van der Waals surface area contributed by atoms with Crippen LogP contribution in [0.15, 0.2) is 194 Å². The van der Waals surface area contributed by atoms with Gasteiger partial charge in [0.25, 0.3) is 0 Å². The highest BCUT2D eigenvalue weighted by Gasteiger charge is 2.21. The monoisotopic (exact) mass is 744 g/mol. The number of hydrogen-bond donors (Lipinski definition) is 0. The molecule has 0 spiro atoms. The molecule has 0 unspecified atom stereocenters. The number of fused-ring (bicyclic) bond motifs is 8. The first kappa shape index (κ1) is 32.0. The first-order valence-corrected chi connectivity index (χ1v) is 20.1. The number of hydrogen-bond acceptors (Lipinski definition) is 3. The smallest absolute Gasteiger partial charge is 0.235 e. The summed E-state index contributed by atoms with van der Waals surface area (Å²) in [5, 5.41) is 7.28. The Labute approximate surface area is 332 Å². The predicted molar refractivity (Wildman–Crippen MR) is 240 cm³/mol. The molecule has 0 saturated carbocycles. The number of para-hydroxylation sites is 2. The van der Waals surface area contributed by atoms with E-state index in [4.69, 9.17) is 9.97 Å². The summed E-state index contributed by atoms with van der Waals surface area (Å²) in [5.74, 6) is 0.662. The first-order chi connectivity index (χ1) is 28.2. The molecule has 12 rings (SSSR count). The average molecular weight is 745 g/mol. The molecule has 57 heavy (non-hydrogen) atoms. The number of nitrogens with zero attached hydrogens (tertiary/aromatic N) is 4. The van der Waals surface area contributed by atoms with Crippen LogP contribution in [0.4, 0.5) is 0 Å². The van der Waals surface area contributed by atoms with Crippen molar-refractivity contribution in [1.29, 1.82) is 0 Å². The van der Waals surface area contributed by atoms with E-state index >= 15 is 0 Å². The van der Waals surface area contributed by atoms with Crippen LogP contribution in [-0.4, -0.2) is 19.1 Å². The third-order valence-corrected chi connectivity index (χ3v) is 12.5. The molecular formula is C52H32N4S.